The monoisotopic (exact) mass is 287 g/mol. The van der Waals surface area contributed by atoms with Crippen LogP contribution in [-0.2, 0) is 11.3 Å². The van der Waals surface area contributed by atoms with Crippen molar-refractivity contribution in [3.63, 3.8) is 0 Å². The number of aryl methyl sites for hydroxylation is 1. The van der Waals surface area contributed by atoms with Crippen LogP contribution in [-0.4, -0.2) is 22.7 Å². The van der Waals surface area contributed by atoms with Crippen molar-refractivity contribution in [2.45, 2.75) is 39.5 Å². The second-order valence-corrected chi connectivity index (χ2v) is 4.89. The van der Waals surface area contributed by atoms with Crippen molar-refractivity contribution >= 4 is 0 Å². The van der Waals surface area contributed by atoms with E-state index in [1.54, 1.807) is 0 Å². The SMILES string of the molecule is CCNC(c1nccn1CC)C(OCC)c1ccccc1. The summed E-state index contributed by atoms with van der Waals surface area (Å²) in [5.74, 6) is 1.03. The summed E-state index contributed by atoms with van der Waals surface area (Å²) in [7, 11) is 0. The fraction of sp³-hybridized carbons (Fsp3) is 0.471. The molecule has 1 heterocycles. The summed E-state index contributed by atoms with van der Waals surface area (Å²) in [6.45, 7) is 8.73. The average Bonchev–Trinajstić information content (AvgIpc) is 3.00. The summed E-state index contributed by atoms with van der Waals surface area (Å²) >= 11 is 0. The maximum absolute atomic E-state index is 6.05. The van der Waals surface area contributed by atoms with E-state index in [2.05, 4.69) is 53.0 Å². The molecule has 21 heavy (non-hydrogen) atoms. The molecule has 2 aromatic rings. The van der Waals surface area contributed by atoms with Crippen molar-refractivity contribution in [1.29, 1.82) is 0 Å². The van der Waals surface area contributed by atoms with Gasteiger partial charge in [-0.05, 0) is 26.0 Å². The van der Waals surface area contributed by atoms with Gasteiger partial charge in [-0.1, -0.05) is 37.3 Å². The molecule has 0 saturated heterocycles. The Kier molecular flexibility index (Phi) is 5.96. The Hall–Kier alpha value is -1.65. The Labute approximate surface area is 127 Å². The van der Waals surface area contributed by atoms with Gasteiger partial charge >= 0.3 is 0 Å². The quantitative estimate of drug-likeness (QED) is 0.809. The number of nitrogens with zero attached hydrogens (tertiary/aromatic N) is 2. The predicted molar refractivity (Wildman–Crippen MR) is 85.1 cm³/mol. The number of aromatic nitrogens is 2. The molecule has 0 aliphatic carbocycles. The van der Waals surface area contributed by atoms with Gasteiger partial charge in [0.1, 0.15) is 11.9 Å². The zero-order valence-corrected chi connectivity index (χ0v) is 13.1. The maximum atomic E-state index is 6.05. The fourth-order valence-corrected chi connectivity index (χ4v) is 2.63. The second kappa shape index (κ2) is 7.96. The van der Waals surface area contributed by atoms with Crippen LogP contribution in [0.25, 0.3) is 0 Å². The van der Waals surface area contributed by atoms with Crippen molar-refractivity contribution in [2.75, 3.05) is 13.2 Å². The Morgan fingerprint density at radius 2 is 1.95 bits per heavy atom. The summed E-state index contributed by atoms with van der Waals surface area (Å²) in [6, 6.07) is 10.4. The predicted octanol–water partition coefficient (Wildman–Crippen LogP) is 3.33. The minimum atomic E-state index is -0.0381. The maximum Gasteiger partial charge on any atom is 0.128 e. The Balaban J connectivity index is 2.37. The number of benzene rings is 1. The smallest absolute Gasteiger partial charge is 0.128 e. The molecule has 2 unspecified atom stereocenters. The van der Waals surface area contributed by atoms with Crippen LogP contribution < -0.4 is 5.32 Å². The van der Waals surface area contributed by atoms with Gasteiger partial charge in [0.2, 0.25) is 0 Å². The molecule has 2 atom stereocenters. The number of imidazole rings is 1. The average molecular weight is 287 g/mol. The molecule has 2 rings (SSSR count). The van der Waals surface area contributed by atoms with Crippen molar-refractivity contribution in [1.82, 2.24) is 14.9 Å². The Bertz CT molecular complexity index is 524. The lowest BCUT2D eigenvalue weighted by molar-refractivity contribution is 0.0299. The molecule has 0 aliphatic rings. The molecule has 0 aliphatic heterocycles. The molecule has 0 bridgehead atoms. The largest absolute Gasteiger partial charge is 0.372 e. The highest BCUT2D eigenvalue weighted by molar-refractivity contribution is 5.21. The van der Waals surface area contributed by atoms with E-state index in [0.717, 1.165) is 18.9 Å². The summed E-state index contributed by atoms with van der Waals surface area (Å²) in [5, 5.41) is 3.53. The van der Waals surface area contributed by atoms with Gasteiger partial charge < -0.3 is 14.6 Å². The minimum absolute atomic E-state index is 0.0381. The highest BCUT2D eigenvalue weighted by Gasteiger charge is 2.27. The van der Waals surface area contributed by atoms with Crippen LogP contribution >= 0.6 is 0 Å². The summed E-state index contributed by atoms with van der Waals surface area (Å²) < 4.78 is 8.22. The van der Waals surface area contributed by atoms with Gasteiger partial charge in [0, 0.05) is 25.5 Å². The first kappa shape index (κ1) is 15.7. The number of ether oxygens (including phenoxy) is 1. The Morgan fingerprint density at radius 3 is 2.57 bits per heavy atom. The first-order chi connectivity index (χ1) is 10.3. The molecule has 0 saturated carbocycles. The molecule has 1 aromatic carbocycles. The van der Waals surface area contributed by atoms with Gasteiger partial charge in [-0.3, -0.25) is 0 Å². The van der Waals surface area contributed by atoms with E-state index in [1.807, 2.05) is 25.4 Å². The van der Waals surface area contributed by atoms with Gasteiger partial charge in [0.05, 0.1) is 6.04 Å². The van der Waals surface area contributed by atoms with Gasteiger partial charge in [-0.25, -0.2) is 4.98 Å². The highest BCUT2D eigenvalue weighted by Crippen LogP contribution is 2.31. The zero-order chi connectivity index (χ0) is 15.1. The highest BCUT2D eigenvalue weighted by atomic mass is 16.5. The second-order valence-electron chi connectivity index (χ2n) is 4.89. The molecule has 4 heteroatoms. The third kappa shape index (κ3) is 3.71. The van der Waals surface area contributed by atoms with Crippen LogP contribution in [0.2, 0.25) is 0 Å². The third-order valence-electron chi connectivity index (χ3n) is 3.57. The normalized spacial score (nSPS) is 14.0. The molecule has 0 radical (unpaired) electrons. The fourth-order valence-electron chi connectivity index (χ4n) is 2.63. The standard InChI is InChI=1S/C17H25N3O/c1-4-18-15(17-19-12-13-20(17)5-2)16(21-6-3)14-10-8-7-9-11-14/h7-13,15-16,18H,4-6H2,1-3H3. The van der Waals surface area contributed by atoms with Crippen LogP contribution in [0.15, 0.2) is 42.7 Å². The number of hydrogen-bond acceptors (Lipinski definition) is 3. The van der Waals surface area contributed by atoms with Gasteiger partial charge in [-0.15, -0.1) is 0 Å². The molecule has 114 valence electrons. The zero-order valence-electron chi connectivity index (χ0n) is 13.1. The summed E-state index contributed by atoms with van der Waals surface area (Å²) in [4.78, 5) is 4.56. The van der Waals surface area contributed by atoms with E-state index < -0.39 is 0 Å². The van der Waals surface area contributed by atoms with Crippen molar-refractivity contribution < 1.29 is 4.74 Å². The molecule has 4 nitrogen and oxygen atoms in total. The molecule has 0 fully saturated rings. The van der Waals surface area contributed by atoms with Gasteiger partial charge in [0.15, 0.2) is 0 Å². The van der Waals surface area contributed by atoms with Crippen molar-refractivity contribution in [2.24, 2.45) is 0 Å². The van der Waals surface area contributed by atoms with Gasteiger partial charge in [-0.2, -0.15) is 0 Å². The lowest BCUT2D eigenvalue weighted by Crippen LogP contribution is -2.31. The lowest BCUT2D eigenvalue weighted by atomic mass is 10.0. The topological polar surface area (TPSA) is 39.1 Å². The number of rotatable bonds is 8. The van der Waals surface area contributed by atoms with Gasteiger partial charge in [0.25, 0.3) is 0 Å². The van der Waals surface area contributed by atoms with Crippen molar-refractivity contribution in [3.8, 4) is 0 Å². The van der Waals surface area contributed by atoms with E-state index in [-0.39, 0.29) is 12.1 Å². The van der Waals surface area contributed by atoms with E-state index in [1.165, 1.54) is 5.56 Å². The van der Waals surface area contributed by atoms with Crippen LogP contribution in [0.3, 0.4) is 0 Å². The molecule has 1 aromatic heterocycles. The van der Waals surface area contributed by atoms with Crippen LogP contribution in [0.1, 0.15) is 44.3 Å². The molecule has 1 N–H and O–H groups in total. The number of hydrogen-bond donors (Lipinski definition) is 1. The van der Waals surface area contributed by atoms with Crippen LogP contribution in [0.4, 0.5) is 0 Å². The number of likely N-dealkylation sites (N-methyl/N-ethyl adjacent to an activating group) is 1. The number of nitrogens with one attached hydrogen (secondary N) is 1. The summed E-state index contributed by atoms with van der Waals surface area (Å²) in [6.07, 6.45) is 3.84. The van der Waals surface area contributed by atoms with E-state index >= 15 is 0 Å². The van der Waals surface area contributed by atoms with E-state index in [0.29, 0.717) is 6.61 Å². The van der Waals surface area contributed by atoms with Crippen molar-refractivity contribution in [3.05, 3.63) is 54.1 Å². The van der Waals surface area contributed by atoms with Crippen LogP contribution in [0, 0.1) is 0 Å². The third-order valence-corrected chi connectivity index (χ3v) is 3.57. The first-order valence-electron chi connectivity index (χ1n) is 7.72. The molecular weight excluding hydrogens is 262 g/mol. The summed E-state index contributed by atoms with van der Waals surface area (Å²) in [5.41, 5.74) is 1.18. The van der Waals surface area contributed by atoms with Crippen LogP contribution in [0.5, 0.6) is 0 Å². The molecular formula is C17H25N3O. The van der Waals surface area contributed by atoms with E-state index in [4.69, 9.17) is 4.74 Å². The Morgan fingerprint density at radius 1 is 1.19 bits per heavy atom. The van der Waals surface area contributed by atoms with E-state index in [9.17, 15) is 0 Å². The lowest BCUT2D eigenvalue weighted by Gasteiger charge is -2.28. The first-order valence-corrected chi connectivity index (χ1v) is 7.72. The minimum Gasteiger partial charge on any atom is -0.372 e. The molecule has 0 spiro atoms. The molecule has 0 amide bonds.